The molecule has 2 saturated carbocycles. The van der Waals surface area contributed by atoms with Crippen LogP contribution in [-0.2, 0) is 5.54 Å². The normalized spacial score (nSPS) is 17.0. The molecule has 2 aliphatic carbocycles. The van der Waals surface area contributed by atoms with Gasteiger partial charge in [-0.3, -0.25) is 9.20 Å². The number of carbonyl (C=O) groups excluding carboxylic acids is 1. The number of rotatable bonds is 5. The first-order valence-electron chi connectivity index (χ1n) is 11.8. The number of carbonyl (C=O) groups is 1. The SMILES string of the molecule is CN(C(=O)c1ccc2nc(-c3ccc(C4(N)CCC4)cc3)c(-c3ccccc3)n2c1)C1CC1. The van der Waals surface area contributed by atoms with Crippen molar-refractivity contribution >= 4 is 11.6 Å². The van der Waals surface area contributed by atoms with Crippen molar-refractivity contribution in [1.82, 2.24) is 14.3 Å². The number of fused-ring (bicyclic) bond motifs is 1. The lowest BCUT2D eigenvalue weighted by Gasteiger charge is -2.38. The van der Waals surface area contributed by atoms with Gasteiger partial charge in [-0.05, 0) is 49.8 Å². The molecule has 2 aliphatic rings. The molecule has 4 aromatic rings. The maximum absolute atomic E-state index is 13.0. The topological polar surface area (TPSA) is 63.6 Å². The Labute approximate surface area is 193 Å². The average molecular weight is 437 g/mol. The van der Waals surface area contributed by atoms with E-state index in [-0.39, 0.29) is 11.4 Å². The molecule has 33 heavy (non-hydrogen) atoms. The molecule has 2 heterocycles. The second-order valence-corrected chi connectivity index (χ2v) is 9.56. The molecule has 0 radical (unpaired) electrons. The lowest BCUT2D eigenvalue weighted by Crippen LogP contribution is -2.43. The summed E-state index contributed by atoms with van der Waals surface area (Å²) < 4.78 is 2.06. The Morgan fingerprint density at radius 3 is 2.36 bits per heavy atom. The lowest BCUT2D eigenvalue weighted by atomic mass is 9.72. The summed E-state index contributed by atoms with van der Waals surface area (Å²) in [6.45, 7) is 0. The maximum Gasteiger partial charge on any atom is 0.255 e. The van der Waals surface area contributed by atoms with Gasteiger partial charge in [0.15, 0.2) is 0 Å². The summed E-state index contributed by atoms with van der Waals surface area (Å²) in [5, 5.41) is 0. The van der Waals surface area contributed by atoms with Gasteiger partial charge in [0.25, 0.3) is 5.91 Å². The molecule has 2 aromatic heterocycles. The van der Waals surface area contributed by atoms with Gasteiger partial charge in [-0.25, -0.2) is 4.98 Å². The molecule has 0 aliphatic heterocycles. The van der Waals surface area contributed by atoms with Crippen molar-refractivity contribution in [3.05, 3.63) is 84.1 Å². The van der Waals surface area contributed by atoms with Crippen molar-refractivity contribution in [2.45, 2.75) is 43.7 Å². The average Bonchev–Trinajstić information content (AvgIpc) is 3.62. The highest BCUT2D eigenvalue weighted by atomic mass is 16.2. The summed E-state index contributed by atoms with van der Waals surface area (Å²) >= 11 is 0. The minimum absolute atomic E-state index is 0.0618. The van der Waals surface area contributed by atoms with Gasteiger partial charge in [0.05, 0.1) is 17.0 Å². The van der Waals surface area contributed by atoms with E-state index in [2.05, 4.69) is 40.8 Å². The van der Waals surface area contributed by atoms with Gasteiger partial charge in [-0.1, -0.05) is 54.6 Å². The number of pyridine rings is 1. The molecule has 2 fully saturated rings. The Kier molecular flexibility index (Phi) is 4.63. The van der Waals surface area contributed by atoms with Crippen LogP contribution < -0.4 is 5.73 Å². The van der Waals surface area contributed by atoms with E-state index in [1.807, 2.05) is 48.5 Å². The highest BCUT2D eigenvalue weighted by molar-refractivity contribution is 5.95. The van der Waals surface area contributed by atoms with E-state index in [1.165, 1.54) is 12.0 Å². The third-order valence-corrected chi connectivity index (χ3v) is 7.31. The van der Waals surface area contributed by atoms with Crippen LogP contribution in [0.3, 0.4) is 0 Å². The van der Waals surface area contributed by atoms with Crippen LogP contribution >= 0.6 is 0 Å². The van der Waals surface area contributed by atoms with E-state index in [0.29, 0.717) is 11.6 Å². The molecule has 166 valence electrons. The quantitative estimate of drug-likeness (QED) is 0.465. The molecule has 5 heteroatoms. The summed E-state index contributed by atoms with van der Waals surface area (Å²) in [5.74, 6) is 0.0618. The molecule has 0 spiro atoms. The van der Waals surface area contributed by atoms with E-state index in [9.17, 15) is 4.79 Å². The molecule has 2 N–H and O–H groups in total. The predicted molar refractivity (Wildman–Crippen MR) is 131 cm³/mol. The van der Waals surface area contributed by atoms with Gasteiger partial charge in [-0.15, -0.1) is 0 Å². The molecule has 2 aromatic carbocycles. The fourth-order valence-corrected chi connectivity index (χ4v) is 4.88. The van der Waals surface area contributed by atoms with Crippen molar-refractivity contribution in [2.24, 2.45) is 5.73 Å². The number of benzene rings is 2. The molecule has 0 bridgehead atoms. The zero-order valence-corrected chi connectivity index (χ0v) is 18.9. The summed E-state index contributed by atoms with van der Waals surface area (Å²) in [6, 6.07) is 23.0. The standard InChI is InChI=1S/C28H28N4O/c1-31(23-13-14-23)27(33)21-10-15-24-30-25(26(32(24)18-21)20-6-3-2-4-7-20)19-8-11-22(12-9-19)28(29)16-5-17-28/h2-4,6-12,15,18,23H,5,13-14,16-17,29H2,1H3. The molecule has 5 nitrogen and oxygen atoms in total. The molecule has 0 atom stereocenters. The van der Waals surface area contributed by atoms with Crippen LogP contribution in [0.1, 0.15) is 48.0 Å². The van der Waals surface area contributed by atoms with Crippen molar-refractivity contribution in [2.75, 3.05) is 7.05 Å². The molecule has 6 rings (SSSR count). The Balaban J connectivity index is 1.48. The molecule has 0 saturated heterocycles. The van der Waals surface area contributed by atoms with Gasteiger partial charge in [0.2, 0.25) is 0 Å². The first-order chi connectivity index (χ1) is 16.0. The van der Waals surface area contributed by atoms with Crippen LogP contribution in [-0.4, -0.2) is 33.3 Å². The number of nitrogens with two attached hydrogens (primary N) is 1. The fourth-order valence-electron chi connectivity index (χ4n) is 4.88. The number of aromatic nitrogens is 2. The molecule has 1 amide bonds. The third-order valence-electron chi connectivity index (χ3n) is 7.31. The second-order valence-electron chi connectivity index (χ2n) is 9.56. The molecular weight excluding hydrogens is 408 g/mol. The number of hydrogen-bond acceptors (Lipinski definition) is 3. The van der Waals surface area contributed by atoms with Crippen LogP contribution in [0, 0.1) is 0 Å². The summed E-state index contributed by atoms with van der Waals surface area (Å²) in [6.07, 6.45) is 7.40. The summed E-state index contributed by atoms with van der Waals surface area (Å²) in [4.78, 5) is 19.9. The van der Waals surface area contributed by atoms with Gasteiger partial charge in [0.1, 0.15) is 5.65 Å². The van der Waals surface area contributed by atoms with E-state index >= 15 is 0 Å². The smallest absolute Gasteiger partial charge is 0.255 e. The van der Waals surface area contributed by atoms with Gasteiger partial charge >= 0.3 is 0 Å². The van der Waals surface area contributed by atoms with Crippen LogP contribution in [0.4, 0.5) is 0 Å². The highest BCUT2D eigenvalue weighted by Crippen LogP contribution is 2.40. The summed E-state index contributed by atoms with van der Waals surface area (Å²) in [5.41, 5.74) is 13.1. The number of amides is 1. The van der Waals surface area contributed by atoms with Crippen molar-refractivity contribution in [3.8, 4) is 22.5 Å². The largest absolute Gasteiger partial charge is 0.339 e. The zero-order chi connectivity index (χ0) is 22.6. The first kappa shape index (κ1) is 20.2. The zero-order valence-electron chi connectivity index (χ0n) is 18.9. The first-order valence-corrected chi connectivity index (χ1v) is 11.8. The number of imidazole rings is 1. The monoisotopic (exact) mass is 436 g/mol. The van der Waals surface area contributed by atoms with E-state index in [4.69, 9.17) is 10.7 Å². The van der Waals surface area contributed by atoms with Crippen LogP contribution in [0.25, 0.3) is 28.2 Å². The minimum Gasteiger partial charge on any atom is -0.339 e. The Morgan fingerprint density at radius 1 is 1.00 bits per heavy atom. The van der Waals surface area contributed by atoms with Gasteiger partial charge in [-0.2, -0.15) is 0 Å². The lowest BCUT2D eigenvalue weighted by molar-refractivity contribution is 0.0784. The number of hydrogen-bond donors (Lipinski definition) is 1. The van der Waals surface area contributed by atoms with E-state index in [0.717, 1.165) is 53.8 Å². The van der Waals surface area contributed by atoms with Crippen LogP contribution in [0.15, 0.2) is 72.9 Å². The van der Waals surface area contributed by atoms with Gasteiger partial charge < -0.3 is 10.6 Å². The Hall–Kier alpha value is -3.44. The number of nitrogens with zero attached hydrogens (tertiary/aromatic N) is 3. The maximum atomic E-state index is 13.0. The second kappa shape index (κ2) is 7.56. The summed E-state index contributed by atoms with van der Waals surface area (Å²) in [7, 11) is 1.90. The van der Waals surface area contributed by atoms with Crippen LogP contribution in [0.5, 0.6) is 0 Å². The molecular formula is C28H28N4O. The van der Waals surface area contributed by atoms with Crippen molar-refractivity contribution in [3.63, 3.8) is 0 Å². The predicted octanol–water partition coefficient (Wildman–Crippen LogP) is 5.24. The van der Waals surface area contributed by atoms with E-state index in [1.54, 1.807) is 0 Å². The van der Waals surface area contributed by atoms with Crippen molar-refractivity contribution in [1.29, 1.82) is 0 Å². The molecule has 0 unspecified atom stereocenters. The third kappa shape index (κ3) is 3.44. The highest BCUT2D eigenvalue weighted by Gasteiger charge is 2.34. The minimum atomic E-state index is -0.178. The van der Waals surface area contributed by atoms with Gasteiger partial charge in [0, 0.05) is 36.0 Å². The van der Waals surface area contributed by atoms with E-state index < -0.39 is 0 Å². The van der Waals surface area contributed by atoms with Crippen molar-refractivity contribution < 1.29 is 4.79 Å². The Bertz CT molecular complexity index is 1330. The van der Waals surface area contributed by atoms with Crippen LogP contribution in [0.2, 0.25) is 0 Å². The Morgan fingerprint density at radius 2 is 1.73 bits per heavy atom. The fraction of sp³-hybridized carbons (Fsp3) is 0.286.